The number of carbonyl (C=O) groups is 1. The van der Waals surface area contributed by atoms with Gasteiger partial charge < -0.3 is 28.8 Å². The lowest BCUT2D eigenvalue weighted by molar-refractivity contribution is -0.133. The van der Waals surface area contributed by atoms with E-state index in [4.69, 9.17) is 23.7 Å². The Hall–Kier alpha value is -3.35. The quantitative estimate of drug-likeness (QED) is 0.598. The molecule has 7 nitrogen and oxygen atoms in total. The van der Waals surface area contributed by atoms with Crippen molar-refractivity contribution >= 4 is 11.7 Å². The van der Waals surface area contributed by atoms with Gasteiger partial charge >= 0.3 is 5.97 Å². The van der Waals surface area contributed by atoms with Crippen LogP contribution in [0.15, 0.2) is 42.0 Å². The third kappa shape index (κ3) is 4.26. The summed E-state index contributed by atoms with van der Waals surface area (Å²) in [6, 6.07) is 10.7. The predicted molar refractivity (Wildman–Crippen MR) is 114 cm³/mol. The van der Waals surface area contributed by atoms with Crippen LogP contribution in [0.1, 0.15) is 50.8 Å². The minimum atomic E-state index is -1.11. The maximum Gasteiger partial charge on any atom is 0.339 e. The molecule has 164 valence electrons. The van der Waals surface area contributed by atoms with Crippen molar-refractivity contribution < 1.29 is 33.6 Å². The van der Waals surface area contributed by atoms with Crippen LogP contribution >= 0.6 is 0 Å². The monoisotopic (exact) mass is 426 g/mol. The minimum absolute atomic E-state index is 0.0331. The molecule has 2 aromatic carbocycles. The zero-order valence-corrected chi connectivity index (χ0v) is 17.8. The lowest BCUT2D eigenvalue weighted by Crippen LogP contribution is -2.24. The van der Waals surface area contributed by atoms with Gasteiger partial charge in [0.05, 0.1) is 18.3 Å². The van der Waals surface area contributed by atoms with Crippen molar-refractivity contribution in [1.29, 1.82) is 0 Å². The molecule has 2 aromatic rings. The predicted octanol–water partition coefficient (Wildman–Crippen LogP) is 4.95. The standard InChI is InChI=1S/C24H26O7/c1-4-5-10-27-16-7-9-18-17(12-16)23(30-14(2)3)21(24(25)26)22(31-18)15-6-8-19-20(11-15)29-13-28-19/h6-9,11-12,14,22H,4-5,10,13H2,1-3H3,(H,25,26). The molecule has 0 aliphatic carbocycles. The molecule has 4 rings (SSSR count). The molecule has 0 aromatic heterocycles. The highest BCUT2D eigenvalue weighted by atomic mass is 16.7. The number of hydrogen-bond donors (Lipinski definition) is 1. The highest BCUT2D eigenvalue weighted by molar-refractivity contribution is 5.98. The van der Waals surface area contributed by atoms with E-state index in [-0.39, 0.29) is 24.2 Å². The van der Waals surface area contributed by atoms with E-state index in [2.05, 4.69) is 6.92 Å². The lowest BCUT2D eigenvalue weighted by Gasteiger charge is -2.30. The molecule has 0 saturated carbocycles. The molecule has 2 aliphatic rings. The number of rotatable bonds is 8. The molecule has 31 heavy (non-hydrogen) atoms. The number of ether oxygens (including phenoxy) is 5. The van der Waals surface area contributed by atoms with E-state index in [1.54, 1.807) is 30.3 Å². The molecular weight excluding hydrogens is 400 g/mol. The van der Waals surface area contributed by atoms with Gasteiger partial charge in [0.15, 0.2) is 17.6 Å². The fraction of sp³-hybridized carbons (Fsp3) is 0.375. The van der Waals surface area contributed by atoms with E-state index >= 15 is 0 Å². The van der Waals surface area contributed by atoms with Gasteiger partial charge in [-0.2, -0.15) is 0 Å². The van der Waals surface area contributed by atoms with Gasteiger partial charge in [0.1, 0.15) is 22.8 Å². The Kier molecular flexibility index (Phi) is 5.93. The summed E-state index contributed by atoms with van der Waals surface area (Å²) in [7, 11) is 0. The Morgan fingerprint density at radius 1 is 1.13 bits per heavy atom. The number of benzene rings is 2. The number of hydrogen-bond acceptors (Lipinski definition) is 6. The van der Waals surface area contributed by atoms with Crippen LogP contribution in [0.25, 0.3) is 5.76 Å². The van der Waals surface area contributed by atoms with Crippen LogP contribution in [0.5, 0.6) is 23.0 Å². The van der Waals surface area contributed by atoms with Crippen LogP contribution in [0.4, 0.5) is 0 Å². The molecule has 1 unspecified atom stereocenters. The summed E-state index contributed by atoms with van der Waals surface area (Å²) in [6.45, 7) is 6.54. The summed E-state index contributed by atoms with van der Waals surface area (Å²) in [5, 5.41) is 10.1. The lowest BCUT2D eigenvalue weighted by atomic mass is 9.94. The Morgan fingerprint density at radius 3 is 2.65 bits per heavy atom. The van der Waals surface area contributed by atoms with Gasteiger partial charge in [-0.05, 0) is 50.6 Å². The molecule has 0 saturated heterocycles. The van der Waals surface area contributed by atoms with Crippen molar-refractivity contribution in [3.05, 3.63) is 53.1 Å². The van der Waals surface area contributed by atoms with Gasteiger partial charge in [-0.25, -0.2) is 4.79 Å². The van der Waals surface area contributed by atoms with Gasteiger partial charge in [0.2, 0.25) is 6.79 Å². The van der Waals surface area contributed by atoms with Crippen molar-refractivity contribution in [2.75, 3.05) is 13.4 Å². The summed E-state index contributed by atoms with van der Waals surface area (Å²) < 4.78 is 28.8. The normalized spacial score (nSPS) is 16.7. The Balaban J connectivity index is 1.79. The topological polar surface area (TPSA) is 83.5 Å². The number of carboxylic acids is 1. The van der Waals surface area contributed by atoms with Crippen LogP contribution in [-0.2, 0) is 9.53 Å². The Bertz CT molecular complexity index is 1010. The molecular formula is C24H26O7. The van der Waals surface area contributed by atoms with Crippen molar-refractivity contribution in [1.82, 2.24) is 0 Å². The fourth-order valence-electron chi connectivity index (χ4n) is 3.55. The summed E-state index contributed by atoms with van der Waals surface area (Å²) in [6.07, 6.45) is 0.874. The first-order valence-corrected chi connectivity index (χ1v) is 10.5. The zero-order chi connectivity index (χ0) is 22.0. The highest BCUT2D eigenvalue weighted by Crippen LogP contribution is 2.46. The van der Waals surface area contributed by atoms with Gasteiger partial charge in [-0.15, -0.1) is 0 Å². The van der Waals surface area contributed by atoms with Crippen LogP contribution < -0.4 is 18.9 Å². The summed E-state index contributed by atoms with van der Waals surface area (Å²) in [5.74, 6) is 1.53. The average molecular weight is 426 g/mol. The van der Waals surface area contributed by atoms with E-state index in [1.807, 2.05) is 19.9 Å². The Labute approximate surface area is 181 Å². The number of fused-ring (bicyclic) bond motifs is 2. The molecule has 1 N–H and O–H groups in total. The van der Waals surface area contributed by atoms with E-state index in [0.717, 1.165) is 12.8 Å². The molecule has 2 aliphatic heterocycles. The zero-order valence-electron chi connectivity index (χ0n) is 17.8. The molecule has 0 fully saturated rings. The molecule has 0 spiro atoms. The second-order valence-corrected chi connectivity index (χ2v) is 7.69. The van der Waals surface area contributed by atoms with Gasteiger partial charge in [0.25, 0.3) is 0 Å². The van der Waals surface area contributed by atoms with Gasteiger partial charge in [-0.1, -0.05) is 19.4 Å². The summed E-state index contributed by atoms with van der Waals surface area (Å²) in [5.41, 5.74) is 1.24. The Morgan fingerprint density at radius 2 is 1.90 bits per heavy atom. The van der Waals surface area contributed by atoms with Crippen LogP contribution in [-0.4, -0.2) is 30.6 Å². The maximum absolute atomic E-state index is 12.4. The smallest absolute Gasteiger partial charge is 0.339 e. The number of aliphatic carboxylic acids is 1. The maximum atomic E-state index is 12.4. The van der Waals surface area contributed by atoms with Gasteiger partial charge in [-0.3, -0.25) is 0 Å². The summed E-state index contributed by atoms with van der Waals surface area (Å²) >= 11 is 0. The van der Waals surface area contributed by atoms with E-state index in [0.29, 0.717) is 40.7 Å². The van der Waals surface area contributed by atoms with Crippen LogP contribution in [0.2, 0.25) is 0 Å². The largest absolute Gasteiger partial charge is 0.494 e. The first-order chi connectivity index (χ1) is 15.0. The molecule has 0 amide bonds. The first kappa shape index (κ1) is 20.9. The molecule has 0 radical (unpaired) electrons. The second kappa shape index (κ2) is 8.79. The molecule has 1 atom stereocenters. The molecule has 0 bridgehead atoms. The molecule has 2 heterocycles. The summed E-state index contributed by atoms with van der Waals surface area (Å²) in [4.78, 5) is 12.4. The van der Waals surface area contributed by atoms with Crippen molar-refractivity contribution in [3.63, 3.8) is 0 Å². The average Bonchev–Trinajstić information content (AvgIpc) is 3.21. The number of unbranched alkanes of at least 4 members (excludes halogenated alkanes) is 1. The highest BCUT2D eigenvalue weighted by Gasteiger charge is 2.37. The third-order valence-electron chi connectivity index (χ3n) is 5.00. The minimum Gasteiger partial charge on any atom is -0.494 e. The molecule has 7 heteroatoms. The SMILES string of the molecule is CCCCOc1ccc2c(c1)C(OC(C)C)=C(C(=O)O)C(c1ccc3c(c1)OCO3)O2. The van der Waals surface area contributed by atoms with Gasteiger partial charge in [0, 0.05) is 5.56 Å². The van der Waals surface area contributed by atoms with Crippen molar-refractivity contribution in [3.8, 4) is 23.0 Å². The number of carboxylic acid groups (broad SMARTS) is 1. The third-order valence-corrected chi connectivity index (χ3v) is 5.00. The van der Waals surface area contributed by atoms with E-state index < -0.39 is 12.1 Å². The van der Waals surface area contributed by atoms with Crippen LogP contribution in [0, 0.1) is 0 Å². The van der Waals surface area contributed by atoms with Crippen molar-refractivity contribution in [2.24, 2.45) is 0 Å². The first-order valence-electron chi connectivity index (χ1n) is 10.5. The van der Waals surface area contributed by atoms with E-state index in [9.17, 15) is 9.90 Å². The fourth-order valence-corrected chi connectivity index (χ4v) is 3.55. The van der Waals surface area contributed by atoms with Crippen molar-refractivity contribution in [2.45, 2.75) is 45.8 Å². The second-order valence-electron chi connectivity index (χ2n) is 7.69. The van der Waals surface area contributed by atoms with E-state index in [1.165, 1.54) is 0 Å². The van der Waals surface area contributed by atoms with Crippen LogP contribution in [0.3, 0.4) is 0 Å².